The molecule has 0 amide bonds. The first-order valence-corrected chi connectivity index (χ1v) is 5.86. The Hall–Kier alpha value is -0.810. The van der Waals surface area contributed by atoms with Crippen molar-refractivity contribution in [3.8, 4) is 5.75 Å². The molecule has 0 saturated heterocycles. The number of phenolic OH excluding ortho intramolecular Hbond substituents is 1. The lowest BCUT2D eigenvalue weighted by atomic mass is 10.2. The molecule has 96 valence electrons. The molecule has 0 fully saturated rings. The molecule has 0 spiro atoms. The van der Waals surface area contributed by atoms with Crippen molar-refractivity contribution in [3.63, 3.8) is 0 Å². The van der Waals surface area contributed by atoms with E-state index in [-0.39, 0.29) is 5.75 Å². The zero-order chi connectivity index (χ0) is 12.7. The molecule has 1 atom stereocenters. The van der Waals surface area contributed by atoms with Gasteiger partial charge in [0, 0.05) is 13.7 Å². The van der Waals surface area contributed by atoms with Crippen LogP contribution >= 0.6 is 11.6 Å². The predicted molar refractivity (Wildman–Crippen MR) is 67.3 cm³/mol. The van der Waals surface area contributed by atoms with Gasteiger partial charge in [0.05, 0.1) is 17.7 Å². The molecular formula is C12H18ClNO3. The molecule has 3 N–H and O–H groups in total. The lowest BCUT2D eigenvalue weighted by Crippen LogP contribution is -2.22. The van der Waals surface area contributed by atoms with E-state index in [0.717, 1.165) is 5.56 Å². The first-order valence-electron chi connectivity index (χ1n) is 5.48. The van der Waals surface area contributed by atoms with Gasteiger partial charge in [-0.25, -0.2) is 0 Å². The number of methoxy groups -OCH3 is 1. The van der Waals surface area contributed by atoms with Gasteiger partial charge in [-0.15, -0.1) is 0 Å². The van der Waals surface area contributed by atoms with E-state index in [1.807, 2.05) is 0 Å². The summed E-state index contributed by atoms with van der Waals surface area (Å²) in [6.45, 7) is 1.70. The summed E-state index contributed by atoms with van der Waals surface area (Å²) in [5, 5.41) is 22.2. The smallest absolute Gasteiger partial charge is 0.134 e. The lowest BCUT2D eigenvalue weighted by Gasteiger charge is -2.10. The topological polar surface area (TPSA) is 61.7 Å². The SMILES string of the molecule is COCC(O)CCNCc1ccc(O)c(Cl)c1. The number of halogens is 1. The number of aliphatic hydroxyl groups excluding tert-OH is 1. The molecule has 1 unspecified atom stereocenters. The van der Waals surface area contributed by atoms with Crippen LogP contribution in [0.3, 0.4) is 0 Å². The molecule has 0 aliphatic carbocycles. The number of aliphatic hydroxyl groups is 1. The van der Waals surface area contributed by atoms with Crippen LogP contribution in [-0.4, -0.2) is 36.6 Å². The van der Waals surface area contributed by atoms with Gasteiger partial charge in [0.25, 0.3) is 0 Å². The number of rotatable bonds is 7. The molecule has 1 aromatic carbocycles. The van der Waals surface area contributed by atoms with Crippen molar-refractivity contribution >= 4 is 11.6 Å². The van der Waals surface area contributed by atoms with Crippen LogP contribution in [0.1, 0.15) is 12.0 Å². The maximum Gasteiger partial charge on any atom is 0.134 e. The highest BCUT2D eigenvalue weighted by Crippen LogP contribution is 2.23. The number of benzene rings is 1. The van der Waals surface area contributed by atoms with E-state index in [2.05, 4.69) is 5.32 Å². The zero-order valence-electron chi connectivity index (χ0n) is 9.82. The third kappa shape index (κ3) is 5.37. The van der Waals surface area contributed by atoms with Gasteiger partial charge in [0.1, 0.15) is 5.75 Å². The third-order valence-electron chi connectivity index (χ3n) is 2.35. The number of hydrogen-bond acceptors (Lipinski definition) is 4. The van der Waals surface area contributed by atoms with E-state index in [0.29, 0.717) is 31.1 Å². The summed E-state index contributed by atoms with van der Waals surface area (Å²) in [6.07, 6.45) is 0.204. The van der Waals surface area contributed by atoms with Crippen molar-refractivity contribution < 1.29 is 14.9 Å². The van der Waals surface area contributed by atoms with Crippen LogP contribution in [0.4, 0.5) is 0 Å². The van der Waals surface area contributed by atoms with E-state index in [1.165, 1.54) is 0 Å². The fourth-order valence-electron chi connectivity index (χ4n) is 1.44. The molecular weight excluding hydrogens is 242 g/mol. The van der Waals surface area contributed by atoms with Gasteiger partial charge >= 0.3 is 0 Å². The Morgan fingerprint density at radius 1 is 1.47 bits per heavy atom. The Bertz CT molecular complexity index is 347. The number of phenols is 1. The van der Waals surface area contributed by atoms with Crippen LogP contribution in [-0.2, 0) is 11.3 Å². The molecule has 1 aromatic rings. The Morgan fingerprint density at radius 3 is 2.88 bits per heavy atom. The molecule has 0 heterocycles. The highest BCUT2D eigenvalue weighted by atomic mass is 35.5. The summed E-state index contributed by atoms with van der Waals surface area (Å²) >= 11 is 5.78. The van der Waals surface area contributed by atoms with E-state index >= 15 is 0 Å². The number of ether oxygens (including phenoxy) is 1. The van der Waals surface area contributed by atoms with E-state index < -0.39 is 6.10 Å². The standard InChI is InChI=1S/C12H18ClNO3/c1-17-8-10(15)4-5-14-7-9-2-3-12(16)11(13)6-9/h2-3,6,10,14-16H,4-5,7-8H2,1H3. The van der Waals surface area contributed by atoms with Gasteiger partial charge in [0.2, 0.25) is 0 Å². The van der Waals surface area contributed by atoms with Crippen LogP contribution in [0.15, 0.2) is 18.2 Å². The molecule has 0 aliphatic rings. The maximum atomic E-state index is 9.41. The third-order valence-corrected chi connectivity index (χ3v) is 2.66. The largest absolute Gasteiger partial charge is 0.506 e. The molecule has 4 nitrogen and oxygen atoms in total. The Labute approximate surface area is 106 Å². The second-order valence-corrected chi connectivity index (χ2v) is 4.27. The molecule has 0 bridgehead atoms. The minimum atomic E-state index is -0.434. The van der Waals surface area contributed by atoms with Crippen LogP contribution in [0.25, 0.3) is 0 Å². The lowest BCUT2D eigenvalue weighted by molar-refractivity contribution is 0.0594. The van der Waals surface area contributed by atoms with E-state index in [9.17, 15) is 10.2 Å². The zero-order valence-corrected chi connectivity index (χ0v) is 10.6. The molecule has 1 rings (SSSR count). The van der Waals surface area contributed by atoms with Crippen molar-refractivity contribution in [2.24, 2.45) is 0 Å². The number of hydrogen-bond donors (Lipinski definition) is 3. The second-order valence-electron chi connectivity index (χ2n) is 3.86. The van der Waals surface area contributed by atoms with Crippen molar-refractivity contribution in [2.45, 2.75) is 19.1 Å². The fourth-order valence-corrected chi connectivity index (χ4v) is 1.64. The summed E-state index contributed by atoms with van der Waals surface area (Å²) in [6, 6.07) is 5.09. The van der Waals surface area contributed by atoms with Crippen molar-refractivity contribution in [1.82, 2.24) is 5.32 Å². The first-order chi connectivity index (χ1) is 8.13. The fraction of sp³-hybridized carbons (Fsp3) is 0.500. The van der Waals surface area contributed by atoms with Crippen LogP contribution in [0.5, 0.6) is 5.75 Å². The van der Waals surface area contributed by atoms with E-state index in [4.69, 9.17) is 16.3 Å². The van der Waals surface area contributed by atoms with Gasteiger partial charge in [-0.2, -0.15) is 0 Å². The molecule has 0 aliphatic heterocycles. The minimum absolute atomic E-state index is 0.0888. The van der Waals surface area contributed by atoms with Crippen molar-refractivity contribution in [3.05, 3.63) is 28.8 Å². The predicted octanol–water partition coefficient (Wildman–Crippen LogP) is 1.53. The molecule has 0 aromatic heterocycles. The summed E-state index contributed by atoms with van der Waals surface area (Å²) in [7, 11) is 1.56. The van der Waals surface area contributed by atoms with Gasteiger partial charge in [0.15, 0.2) is 0 Å². The summed E-state index contributed by atoms with van der Waals surface area (Å²) < 4.78 is 4.82. The monoisotopic (exact) mass is 259 g/mol. The van der Waals surface area contributed by atoms with Gasteiger partial charge in [-0.3, -0.25) is 0 Å². The van der Waals surface area contributed by atoms with Crippen molar-refractivity contribution in [2.75, 3.05) is 20.3 Å². The minimum Gasteiger partial charge on any atom is -0.506 e. The number of nitrogens with one attached hydrogen (secondary N) is 1. The summed E-state index contributed by atoms with van der Waals surface area (Å²) in [5.41, 5.74) is 0.994. The highest BCUT2D eigenvalue weighted by molar-refractivity contribution is 6.32. The van der Waals surface area contributed by atoms with Crippen LogP contribution in [0.2, 0.25) is 5.02 Å². The van der Waals surface area contributed by atoms with Gasteiger partial charge in [-0.05, 0) is 30.7 Å². The van der Waals surface area contributed by atoms with Gasteiger partial charge in [-0.1, -0.05) is 17.7 Å². The molecule has 17 heavy (non-hydrogen) atoms. The quantitative estimate of drug-likeness (QED) is 0.650. The summed E-state index contributed by atoms with van der Waals surface area (Å²) in [4.78, 5) is 0. The van der Waals surface area contributed by atoms with Crippen LogP contribution in [0, 0.1) is 0 Å². The number of aromatic hydroxyl groups is 1. The van der Waals surface area contributed by atoms with Crippen molar-refractivity contribution in [1.29, 1.82) is 0 Å². The Morgan fingerprint density at radius 2 is 2.24 bits per heavy atom. The first kappa shape index (κ1) is 14.3. The maximum absolute atomic E-state index is 9.41. The Kier molecular flexibility index (Phi) is 6.29. The van der Waals surface area contributed by atoms with E-state index in [1.54, 1.807) is 25.3 Å². The van der Waals surface area contributed by atoms with Crippen LogP contribution < -0.4 is 5.32 Å². The van der Waals surface area contributed by atoms with Gasteiger partial charge < -0.3 is 20.3 Å². The molecule has 5 heteroatoms. The second kappa shape index (κ2) is 7.50. The average molecular weight is 260 g/mol. The normalized spacial score (nSPS) is 12.6. The Balaban J connectivity index is 2.24. The molecule has 0 radical (unpaired) electrons. The highest BCUT2D eigenvalue weighted by Gasteiger charge is 2.03. The molecule has 0 saturated carbocycles. The summed E-state index contributed by atoms with van der Waals surface area (Å²) in [5.74, 6) is 0.0888. The average Bonchev–Trinajstić information content (AvgIpc) is 2.29.